The molecule has 0 saturated carbocycles. The fourth-order valence-electron chi connectivity index (χ4n) is 3.25. The summed E-state index contributed by atoms with van der Waals surface area (Å²) in [6, 6.07) is 0. The van der Waals surface area contributed by atoms with Crippen LogP contribution in [0.3, 0.4) is 0 Å². The highest BCUT2D eigenvalue weighted by atomic mass is 16.6. The van der Waals surface area contributed by atoms with E-state index in [4.69, 9.17) is 19.9 Å². The number of aliphatic hydroxyl groups excluding tert-OH is 2. The molecule has 10 heteroatoms. The summed E-state index contributed by atoms with van der Waals surface area (Å²) in [6.45, 7) is 0.206. The van der Waals surface area contributed by atoms with Gasteiger partial charge in [-0.1, -0.05) is 0 Å². The highest BCUT2D eigenvalue weighted by Crippen LogP contribution is 2.49. The minimum atomic E-state index is -0.940. The van der Waals surface area contributed by atoms with Gasteiger partial charge in [-0.25, -0.2) is 4.98 Å². The molecule has 23 heavy (non-hydrogen) atoms. The van der Waals surface area contributed by atoms with Crippen LogP contribution in [0.2, 0.25) is 0 Å². The summed E-state index contributed by atoms with van der Waals surface area (Å²) in [7, 11) is 1.47. The standard InChI is InChI=1S/C13H17N5O5/c1-21-10-7-9(16-12(14)17-10)18(5-15-7)11-13(2-3-22-13)8(20)6(4-19)23-11/h5-6,8,11,19-20H,2-4H2,1H3,(H2,14,16,17)/t6-,8-,11?,13+/m1/s1. The van der Waals surface area contributed by atoms with Gasteiger partial charge in [0.1, 0.15) is 17.8 Å². The molecule has 10 nitrogen and oxygen atoms in total. The van der Waals surface area contributed by atoms with Gasteiger partial charge in [-0.2, -0.15) is 9.97 Å². The molecule has 4 rings (SSSR count). The third-order valence-corrected chi connectivity index (χ3v) is 4.47. The molecule has 0 aliphatic carbocycles. The van der Waals surface area contributed by atoms with Gasteiger partial charge in [0.25, 0.3) is 0 Å². The minimum absolute atomic E-state index is 0.0388. The van der Waals surface area contributed by atoms with E-state index in [0.29, 0.717) is 24.2 Å². The number of rotatable bonds is 3. The number of methoxy groups -OCH3 is 1. The number of imidazole rings is 1. The second-order valence-corrected chi connectivity index (χ2v) is 5.62. The maximum absolute atomic E-state index is 10.4. The second-order valence-electron chi connectivity index (χ2n) is 5.62. The summed E-state index contributed by atoms with van der Waals surface area (Å²) in [6.07, 6.45) is -0.231. The molecule has 2 aliphatic rings. The first kappa shape index (κ1) is 14.6. The van der Waals surface area contributed by atoms with Crippen LogP contribution < -0.4 is 10.5 Å². The lowest BCUT2D eigenvalue weighted by atomic mass is 9.86. The fourth-order valence-corrected chi connectivity index (χ4v) is 3.25. The molecule has 2 aromatic rings. The van der Waals surface area contributed by atoms with E-state index in [9.17, 15) is 10.2 Å². The average molecular weight is 323 g/mol. The number of nitrogens with zero attached hydrogens (tertiary/aromatic N) is 4. The van der Waals surface area contributed by atoms with Gasteiger partial charge in [-0.15, -0.1) is 0 Å². The number of nitrogen functional groups attached to an aromatic ring is 1. The third kappa shape index (κ3) is 1.86. The number of ether oxygens (including phenoxy) is 3. The molecule has 2 aromatic heterocycles. The Kier molecular flexibility index (Phi) is 3.17. The largest absolute Gasteiger partial charge is 0.479 e. The Hall–Kier alpha value is -2.01. The van der Waals surface area contributed by atoms with Crippen molar-refractivity contribution in [1.82, 2.24) is 19.5 Å². The Bertz CT molecular complexity index is 746. The number of nitrogens with two attached hydrogens (primary N) is 1. The minimum Gasteiger partial charge on any atom is -0.479 e. The number of aliphatic hydroxyl groups is 2. The van der Waals surface area contributed by atoms with Gasteiger partial charge >= 0.3 is 0 Å². The second kappa shape index (κ2) is 4.99. The van der Waals surface area contributed by atoms with Crippen molar-refractivity contribution in [2.24, 2.45) is 0 Å². The maximum atomic E-state index is 10.4. The van der Waals surface area contributed by atoms with Crippen molar-refractivity contribution in [3.8, 4) is 5.88 Å². The molecule has 4 atom stereocenters. The van der Waals surface area contributed by atoms with E-state index < -0.39 is 24.0 Å². The average Bonchev–Trinajstić information content (AvgIpc) is 3.04. The van der Waals surface area contributed by atoms with Gasteiger partial charge < -0.3 is 30.2 Å². The van der Waals surface area contributed by atoms with Crippen molar-refractivity contribution >= 4 is 17.1 Å². The number of aromatic nitrogens is 4. The van der Waals surface area contributed by atoms with Crippen molar-refractivity contribution in [2.45, 2.75) is 30.5 Å². The fraction of sp³-hybridized carbons (Fsp3) is 0.615. The smallest absolute Gasteiger partial charge is 0.246 e. The molecule has 2 aliphatic heterocycles. The highest BCUT2D eigenvalue weighted by Gasteiger charge is 2.61. The molecule has 4 heterocycles. The summed E-state index contributed by atoms with van der Waals surface area (Å²) in [5.74, 6) is 0.295. The van der Waals surface area contributed by atoms with E-state index in [-0.39, 0.29) is 18.4 Å². The molecule has 0 radical (unpaired) electrons. The summed E-state index contributed by atoms with van der Waals surface area (Å²) in [5.41, 5.74) is 5.64. The third-order valence-electron chi connectivity index (χ3n) is 4.47. The van der Waals surface area contributed by atoms with Crippen molar-refractivity contribution in [1.29, 1.82) is 0 Å². The van der Waals surface area contributed by atoms with Gasteiger partial charge in [-0.05, 0) is 0 Å². The van der Waals surface area contributed by atoms with E-state index in [0.717, 1.165) is 0 Å². The molecule has 2 saturated heterocycles. The van der Waals surface area contributed by atoms with E-state index in [1.807, 2.05) is 0 Å². The lowest BCUT2D eigenvalue weighted by molar-refractivity contribution is -0.225. The van der Waals surface area contributed by atoms with Crippen LogP contribution in [-0.2, 0) is 9.47 Å². The summed E-state index contributed by atoms with van der Waals surface area (Å²) in [4.78, 5) is 12.4. The van der Waals surface area contributed by atoms with E-state index in [2.05, 4.69) is 15.0 Å². The van der Waals surface area contributed by atoms with Crippen molar-refractivity contribution in [3.05, 3.63) is 6.33 Å². The first-order chi connectivity index (χ1) is 11.1. The molecular weight excluding hydrogens is 306 g/mol. The molecule has 1 spiro atoms. The Morgan fingerprint density at radius 1 is 1.52 bits per heavy atom. The zero-order chi connectivity index (χ0) is 16.2. The molecule has 0 aromatic carbocycles. The number of fused-ring (bicyclic) bond motifs is 1. The lowest BCUT2D eigenvalue weighted by Crippen LogP contribution is -2.56. The highest BCUT2D eigenvalue weighted by molar-refractivity contribution is 5.77. The summed E-state index contributed by atoms with van der Waals surface area (Å²) in [5, 5.41) is 19.8. The zero-order valence-corrected chi connectivity index (χ0v) is 12.4. The van der Waals surface area contributed by atoms with E-state index in [1.165, 1.54) is 13.4 Å². The Balaban J connectivity index is 1.84. The molecule has 0 amide bonds. The Labute approximate surface area is 130 Å². The van der Waals surface area contributed by atoms with Crippen molar-refractivity contribution in [2.75, 3.05) is 26.1 Å². The van der Waals surface area contributed by atoms with Gasteiger partial charge in [-0.3, -0.25) is 4.57 Å². The van der Waals surface area contributed by atoms with Crippen LogP contribution in [-0.4, -0.2) is 67.9 Å². The Morgan fingerprint density at radius 3 is 2.91 bits per heavy atom. The van der Waals surface area contributed by atoms with Gasteiger partial charge in [0.05, 0.1) is 26.7 Å². The lowest BCUT2D eigenvalue weighted by Gasteiger charge is -2.44. The van der Waals surface area contributed by atoms with E-state index in [1.54, 1.807) is 4.57 Å². The van der Waals surface area contributed by atoms with Crippen molar-refractivity contribution < 1.29 is 24.4 Å². The predicted octanol–water partition coefficient (Wildman–Crippen LogP) is -1.17. The molecule has 2 fully saturated rings. The first-order valence-electron chi connectivity index (χ1n) is 7.23. The van der Waals surface area contributed by atoms with Crippen LogP contribution in [0.15, 0.2) is 6.33 Å². The molecule has 124 valence electrons. The van der Waals surface area contributed by atoms with Crippen LogP contribution in [0.1, 0.15) is 12.6 Å². The number of hydrogen-bond acceptors (Lipinski definition) is 9. The van der Waals surface area contributed by atoms with Gasteiger partial charge in [0.2, 0.25) is 11.8 Å². The maximum Gasteiger partial charge on any atom is 0.246 e. The number of anilines is 1. The van der Waals surface area contributed by atoms with Gasteiger partial charge in [0, 0.05) is 6.42 Å². The molecule has 4 N–H and O–H groups in total. The Morgan fingerprint density at radius 2 is 2.30 bits per heavy atom. The van der Waals surface area contributed by atoms with Gasteiger partial charge in [0.15, 0.2) is 17.4 Å². The quantitative estimate of drug-likeness (QED) is 0.637. The molecule has 1 unspecified atom stereocenters. The normalized spacial score (nSPS) is 33.3. The summed E-state index contributed by atoms with van der Waals surface area (Å²) < 4.78 is 18.3. The first-order valence-corrected chi connectivity index (χ1v) is 7.23. The van der Waals surface area contributed by atoms with Crippen LogP contribution in [0.25, 0.3) is 11.2 Å². The SMILES string of the molecule is COc1nc(N)nc2c1ncn2C1O[C@H](CO)[C@@H](O)[C@@]12CCO2. The van der Waals surface area contributed by atoms with Crippen molar-refractivity contribution in [3.63, 3.8) is 0 Å². The molecule has 0 bridgehead atoms. The van der Waals surface area contributed by atoms with Crippen LogP contribution in [0.5, 0.6) is 5.88 Å². The van der Waals surface area contributed by atoms with Crippen LogP contribution in [0, 0.1) is 0 Å². The topological polar surface area (TPSA) is 138 Å². The number of hydrogen-bond donors (Lipinski definition) is 3. The van der Waals surface area contributed by atoms with E-state index >= 15 is 0 Å². The summed E-state index contributed by atoms with van der Waals surface area (Å²) >= 11 is 0. The van der Waals surface area contributed by atoms with Crippen LogP contribution >= 0.6 is 0 Å². The monoisotopic (exact) mass is 323 g/mol. The predicted molar refractivity (Wildman–Crippen MR) is 76.6 cm³/mol. The zero-order valence-electron chi connectivity index (χ0n) is 12.4. The molecular formula is C13H17N5O5. The van der Waals surface area contributed by atoms with Crippen LogP contribution in [0.4, 0.5) is 5.95 Å².